The van der Waals surface area contributed by atoms with Crippen LogP contribution in [0.15, 0.2) is 30.3 Å². The Kier molecular flexibility index (Phi) is 6.88. The van der Waals surface area contributed by atoms with Crippen LogP contribution in [0.4, 0.5) is 0 Å². The molecule has 1 saturated carbocycles. The molecular weight excluding hydrogens is 312 g/mol. The van der Waals surface area contributed by atoms with Gasteiger partial charge in [0.1, 0.15) is 0 Å². The molecule has 3 atom stereocenters. The van der Waals surface area contributed by atoms with Crippen LogP contribution in [-0.2, 0) is 16.0 Å². The molecule has 5 heteroatoms. The molecule has 1 aromatic carbocycles. The first-order valence-electron chi connectivity index (χ1n) is 8.42. The van der Waals surface area contributed by atoms with Gasteiger partial charge in [-0.1, -0.05) is 30.3 Å². The van der Waals surface area contributed by atoms with Crippen LogP contribution in [0, 0.1) is 5.92 Å². The number of rotatable bonds is 5. The van der Waals surface area contributed by atoms with Crippen LogP contribution in [0.3, 0.4) is 0 Å². The highest BCUT2D eigenvalue weighted by molar-refractivity contribution is 5.85. The number of amides is 1. The van der Waals surface area contributed by atoms with Crippen molar-refractivity contribution in [3.8, 4) is 0 Å². The molecular formula is C18H27ClN2O2. The lowest BCUT2D eigenvalue weighted by Crippen LogP contribution is -2.44. The summed E-state index contributed by atoms with van der Waals surface area (Å²) in [6.07, 6.45) is 4.62. The fourth-order valence-corrected chi connectivity index (χ4v) is 3.61. The number of carbonyl (C=O) groups excluding carboxylic acids is 1. The smallest absolute Gasteiger partial charge is 0.226 e. The molecule has 1 amide bonds. The lowest BCUT2D eigenvalue weighted by molar-refractivity contribution is -0.137. The quantitative estimate of drug-likeness (QED) is 0.897. The van der Waals surface area contributed by atoms with E-state index in [1.807, 2.05) is 6.07 Å². The fraction of sp³-hybridized carbons (Fsp3) is 0.611. The highest BCUT2D eigenvalue weighted by Crippen LogP contribution is 2.28. The second kappa shape index (κ2) is 8.67. The molecule has 2 aliphatic rings. The molecule has 0 bridgehead atoms. The summed E-state index contributed by atoms with van der Waals surface area (Å²) >= 11 is 0. The first-order valence-corrected chi connectivity index (χ1v) is 8.42. The third kappa shape index (κ3) is 4.69. The second-order valence-electron chi connectivity index (χ2n) is 6.55. The summed E-state index contributed by atoms with van der Waals surface area (Å²) in [6.45, 7) is 2.23. The van der Waals surface area contributed by atoms with Crippen LogP contribution in [0.1, 0.15) is 31.2 Å². The molecule has 128 valence electrons. The number of nitrogens with zero attached hydrogens (tertiary/aromatic N) is 1. The molecule has 4 nitrogen and oxygen atoms in total. The van der Waals surface area contributed by atoms with Crippen molar-refractivity contribution in [3.05, 3.63) is 35.9 Å². The van der Waals surface area contributed by atoms with Gasteiger partial charge in [0, 0.05) is 25.1 Å². The number of hydrogen-bond acceptors (Lipinski definition) is 3. The van der Waals surface area contributed by atoms with E-state index < -0.39 is 0 Å². The number of nitrogens with two attached hydrogens (primary N) is 1. The van der Waals surface area contributed by atoms with E-state index in [4.69, 9.17) is 10.5 Å². The van der Waals surface area contributed by atoms with Gasteiger partial charge in [-0.15, -0.1) is 12.4 Å². The van der Waals surface area contributed by atoms with Crippen molar-refractivity contribution < 1.29 is 9.53 Å². The highest BCUT2D eigenvalue weighted by atomic mass is 35.5. The molecule has 2 N–H and O–H groups in total. The van der Waals surface area contributed by atoms with E-state index in [1.165, 1.54) is 5.56 Å². The van der Waals surface area contributed by atoms with Crippen molar-refractivity contribution in [1.29, 1.82) is 0 Å². The van der Waals surface area contributed by atoms with E-state index in [9.17, 15) is 4.79 Å². The molecule has 3 unspecified atom stereocenters. The van der Waals surface area contributed by atoms with E-state index in [0.717, 1.165) is 45.3 Å². The maximum Gasteiger partial charge on any atom is 0.226 e. The minimum atomic E-state index is 0. The van der Waals surface area contributed by atoms with Gasteiger partial charge in [0.2, 0.25) is 5.91 Å². The van der Waals surface area contributed by atoms with Crippen molar-refractivity contribution in [2.24, 2.45) is 11.7 Å². The Morgan fingerprint density at radius 3 is 2.61 bits per heavy atom. The number of hydrogen-bond donors (Lipinski definition) is 1. The van der Waals surface area contributed by atoms with Crippen molar-refractivity contribution in [1.82, 2.24) is 4.90 Å². The van der Waals surface area contributed by atoms with Crippen LogP contribution < -0.4 is 5.73 Å². The van der Waals surface area contributed by atoms with Crippen LogP contribution in [-0.4, -0.2) is 42.6 Å². The van der Waals surface area contributed by atoms with Crippen molar-refractivity contribution in [2.75, 3.05) is 19.8 Å². The molecule has 1 saturated heterocycles. The van der Waals surface area contributed by atoms with Gasteiger partial charge >= 0.3 is 0 Å². The maximum absolute atomic E-state index is 12.9. The molecule has 1 aliphatic carbocycles. The van der Waals surface area contributed by atoms with Gasteiger partial charge in [-0.05, 0) is 37.7 Å². The third-order valence-electron chi connectivity index (χ3n) is 4.94. The Morgan fingerprint density at radius 2 is 2.00 bits per heavy atom. The molecule has 1 aliphatic heterocycles. The van der Waals surface area contributed by atoms with Gasteiger partial charge in [-0.3, -0.25) is 4.79 Å². The summed E-state index contributed by atoms with van der Waals surface area (Å²) in [6, 6.07) is 10.8. The van der Waals surface area contributed by atoms with Gasteiger partial charge < -0.3 is 15.4 Å². The zero-order chi connectivity index (χ0) is 15.4. The topological polar surface area (TPSA) is 55.6 Å². The number of ether oxygens (including phenoxy) is 1. The van der Waals surface area contributed by atoms with E-state index >= 15 is 0 Å². The van der Waals surface area contributed by atoms with Crippen LogP contribution in [0.25, 0.3) is 0 Å². The molecule has 1 aromatic rings. The van der Waals surface area contributed by atoms with E-state index in [-0.39, 0.29) is 30.4 Å². The molecule has 1 heterocycles. The number of carbonyl (C=O) groups is 1. The monoisotopic (exact) mass is 338 g/mol. The summed E-state index contributed by atoms with van der Waals surface area (Å²) in [5.41, 5.74) is 7.27. The number of halogens is 1. The number of benzene rings is 1. The lowest BCUT2D eigenvalue weighted by Gasteiger charge is -2.30. The van der Waals surface area contributed by atoms with Crippen molar-refractivity contribution >= 4 is 18.3 Å². The summed E-state index contributed by atoms with van der Waals surface area (Å²) in [4.78, 5) is 15.0. The van der Waals surface area contributed by atoms with E-state index in [1.54, 1.807) is 0 Å². The van der Waals surface area contributed by atoms with E-state index in [2.05, 4.69) is 29.2 Å². The lowest BCUT2D eigenvalue weighted by atomic mass is 10.0. The molecule has 3 rings (SSSR count). The zero-order valence-electron chi connectivity index (χ0n) is 13.5. The fourth-order valence-electron chi connectivity index (χ4n) is 3.61. The van der Waals surface area contributed by atoms with Gasteiger partial charge in [0.05, 0.1) is 12.6 Å². The Bertz CT molecular complexity index is 491. The predicted octanol–water partition coefficient (Wildman–Crippen LogP) is 2.40. The van der Waals surface area contributed by atoms with Gasteiger partial charge in [0.15, 0.2) is 0 Å². The second-order valence-corrected chi connectivity index (χ2v) is 6.55. The largest absolute Gasteiger partial charge is 0.379 e. The average molecular weight is 339 g/mol. The molecule has 0 spiro atoms. The summed E-state index contributed by atoms with van der Waals surface area (Å²) < 4.78 is 5.51. The Hall–Kier alpha value is -1.10. The molecule has 2 fully saturated rings. The molecule has 23 heavy (non-hydrogen) atoms. The Morgan fingerprint density at radius 1 is 1.22 bits per heavy atom. The van der Waals surface area contributed by atoms with Gasteiger partial charge in [0.25, 0.3) is 0 Å². The van der Waals surface area contributed by atoms with Crippen LogP contribution >= 0.6 is 12.4 Å². The summed E-state index contributed by atoms with van der Waals surface area (Å²) in [7, 11) is 0. The molecule has 0 radical (unpaired) electrons. The first-order chi connectivity index (χ1) is 10.7. The highest BCUT2D eigenvalue weighted by Gasteiger charge is 2.35. The summed E-state index contributed by atoms with van der Waals surface area (Å²) in [5.74, 6) is 0.408. The Labute approximate surface area is 144 Å². The zero-order valence-corrected chi connectivity index (χ0v) is 14.3. The van der Waals surface area contributed by atoms with E-state index in [0.29, 0.717) is 12.5 Å². The minimum Gasteiger partial charge on any atom is -0.379 e. The minimum absolute atomic E-state index is 0. The van der Waals surface area contributed by atoms with Crippen LogP contribution in [0.2, 0.25) is 0 Å². The van der Waals surface area contributed by atoms with Gasteiger partial charge in [-0.2, -0.15) is 0 Å². The summed E-state index contributed by atoms with van der Waals surface area (Å²) in [5, 5.41) is 0. The Balaban J connectivity index is 0.00000192. The van der Waals surface area contributed by atoms with Gasteiger partial charge in [-0.25, -0.2) is 0 Å². The standard InChI is InChI=1S/C18H26N2O2.ClH/c19-16-7-6-15(12-16)18(21)20(17-9-11-22-13-17)10-8-14-4-2-1-3-5-14;/h1-5,15-17H,6-13,19H2;1H. The van der Waals surface area contributed by atoms with Crippen molar-refractivity contribution in [3.63, 3.8) is 0 Å². The third-order valence-corrected chi connectivity index (χ3v) is 4.94. The predicted molar refractivity (Wildman–Crippen MR) is 93.6 cm³/mol. The van der Waals surface area contributed by atoms with Crippen LogP contribution in [0.5, 0.6) is 0 Å². The molecule has 0 aromatic heterocycles. The SMILES string of the molecule is Cl.NC1CCC(C(=O)N(CCc2ccccc2)C2CCOC2)C1. The first kappa shape index (κ1) is 18.2. The maximum atomic E-state index is 12.9. The van der Waals surface area contributed by atoms with Crippen molar-refractivity contribution in [2.45, 2.75) is 44.2 Å². The normalized spacial score (nSPS) is 26.7. The average Bonchev–Trinajstić information content (AvgIpc) is 3.20.